The Hall–Kier alpha value is -1.37. The highest BCUT2D eigenvalue weighted by Crippen LogP contribution is 2.14. The van der Waals surface area contributed by atoms with Crippen LogP contribution in [0.3, 0.4) is 0 Å². The van der Waals surface area contributed by atoms with Gasteiger partial charge in [0.2, 0.25) is 0 Å². The van der Waals surface area contributed by atoms with Gasteiger partial charge in [0, 0.05) is 38.7 Å². The van der Waals surface area contributed by atoms with Gasteiger partial charge < -0.3 is 9.30 Å². The van der Waals surface area contributed by atoms with E-state index >= 15 is 0 Å². The summed E-state index contributed by atoms with van der Waals surface area (Å²) >= 11 is 0. The van der Waals surface area contributed by atoms with Crippen molar-refractivity contribution in [2.45, 2.75) is 25.4 Å². The number of ketones is 1. The Morgan fingerprint density at radius 1 is 1.44 bits per heavy atom. The maximum atomic E-state index is 11.7. The Bertz CT molecular complexity index is 388. The van der Waals surface area contributed by atoms with Crippen LogP contribution in [-0.4, -0.2) is 34.7 Å². The molecule has 7 heteroatoms. The van der Waals surface area contributed by atoms with Crippen LogP contribution in [0, 0.1) is 0 Å². The first-order valence-electron chi connectivity index (χ1n) is 5.51. The molecule has 0 bridgehead atoms. The van der Waals surface area contributed by atoms with Crippen molar-refractivity contribution >= 4 is 5.78 Å². The SMILES string of the molecule is Cn1ccnc1CCC(=O)CCOCC(F)(F)F. The molecule has 1 rings (SSSR count). The van der Waals surface area contributed by atoms with Gasteiger partial charge in [0.1, 0.15) is 18.2 Å². The first kappa shape index (κ1) is 14.7. The molecule has 0 radical (unpaired) electrons. The third-order valence-electron chi connectivity index (χ3n) is 2.34. The molecule has 0 aliphatic heterocycles. The Balaban J connectivity index is 2.13. The summed E-state index contributed by atoms with van der Waals surface area (Å²) in [5.74, 6) is 0.653. The molecule has 4 nitrogen and oxygen atoms in total. The maximum absolute atomic E-state index is 11.7. The fraction of sp³-hybridized carbons (Fsp3) is 0.636. The Kier molecular flexibility index (Phi) is 5.33. The lowest BCUT2D eigenvalue weighted by atomic mass is 10.1. The highest BCUT2D eigenvalue weighted by atomic mass is 19.4. The van der Waals surface area contributed by atoms with E-state index in [9.17, 15) is 18.0 Å². The lowest BCUT2D eigenvalue weighted by Gasteiger charge is -2.07. The monoisotopic (exact) mass is 264 g/mol. The first-order chi connectivity index (χ1) is 8.38. The van der Waals surface area contributed by atoms with Gasteiger partial charge in [-0.15, -0.1) is 0 Å². The predicted octanol–water partition coefficient (Wildman–Crippen LogP) is 1.89. The van der Waals surface area contributed by atoms with Crippen molar-refractivity contribution in [1.82, 2.24) is 9.55 Å². The van der Waals surface area contributed by atoms with E-state index in [0.717, 1.165) is 5.82 Å². The lowest BCUT2D eigenvalue weighted by molar-refractivity contribution is -0.174. The van der Waals surface area contributed by atoms with Crippen molar-refractivity contribution in [3.63, 3.8) is 0 Å². The summed E-state index contributed by atoms with van der Waals surface area (Å²) in [5, 5.41) is 0. The van der Waals surface area contributed by atoms with Crippen LogP contribution in [0.5, 0.6) is 0 Å². The summed E-state index contributed by atoms with van der Waals surface area (Å²) in [4.78, 5) is 15.4. The molecule has 0 spiro atoms. The number of aryl methyl sites for hydroxylation is 2. The number of halogens is 3. The number of aromatic nitrogens is 2. The van der Waals surface area contributed by atoms with Crippen LogP contribution in [0.25, 0.3) is 0 Å². The zero-order valence-electron chi connectivity index (χ0n) is 10.0. The van der Waals surface area contributed by atoms with E-state index in [2.05, 4.69) is 9.72 Å². The van der Waals surface area contributed by atoms with Crippen LogP contribution in [0.15, 0.2) is 12.4 Å². The molecule has 0 atom stereocenters. The van der Waals surface area contributed by atoms with E-state index in [-0.39, 0.29) is 25.2 Å². The summed E-state index contributed by atoms with van der Waals surface area (Å²) in [7, 11) is 1.82. The average Bonchev–Trinajstić information content (AvgIpc) is 2.66. The standard InChI is InChI=1S/C11H15F3N2O2/c1-16-6-5-15-10(16)3-2-9(17)4-7-18-8-11(12,13)14/h5-6H,2-4,7-8H2,1H3. The number of carbonyl (C=O) groups is 1. The van der Waals surface area contributed by atoms with Gasteiger partial charge in [-0.3, -0.25) is 4.79 Å². The Morgan fingerprint density at radius 3 is 2.72 bits per heavy atom. The van der Waals surface area contributed by atoms with Gasteiger partial charge in [-0.05, 0) is 0 Å². The average molecular weight is 264 g/mol. The number of hydrogen-bond donors (Lipinski definition) is 0. The van der Waals surface area contributed by atoms with E-state index in [1.54, 1.807) is 17.0 Å². The van der Waals surface area contributed by atoms with Crippen LogP contribution in [-0.2, 0) is 23.0 Å². The second-order valence-electron chi connectivity index (χ2n) is 3.91. The van der Waals surface area contributed by atoms with Crippen molar-refractivity contribution in [2.75, 3.05) is 13.2 Å². The maximum Gasteiger partial charge on any atom is 0.411 e. The molecular formula is C11H15F3N2O2. The molecule has 18 heavy (non-hydrogen) atoms. The number of hydrogen-bond acceptors (Lipinski definition) is 3. The third-order valence-corrected chi connectivity index (χ3v) is 2.34. The molecule has 0 saturated carbocycles. The highest BCUT2D eigenvalue weighted by Gasteiger charge is 2.27. The zero-order chi connectivity index (χ0) is 13.6. The number of ether oxygens (including phenoxy) is 1. The van der Waals surface area contributed by atoms with Gasteiger partial charge in [-0.25, -0.2) is 4.98 Å². The molecule has 0 N–H and O–H groups in total. The van der Waals surface area contributed by atoms with Gasteiger partial charge in [-0.2, -0.15) is 13.2 Å². The number of alkyl halides is 3. The molecular weight excluding hydrogens is 249 g/mol. The van der Waals surface area contributed by atoms with Gasteiger partial charge in [0.25, 0.3) is 0 Å². The minimum absolute atomic E-state index is 0.000499. The smallest absolute Gasteiger partial charge is 0.372 e. The van der Waals surface area contributed by atoms with E-state index in [1.165, 1.54) is 0 Å². The molecule has 1 heterocycles. The predicted molar refractivity (Wildman–Crippen MR) is 58.0 cm³/mol. The normalized spacial score (nSPS) is 11.8. The second kappa shape index (κ2) is 6.53. The van der Waals surface area contributed by atoms with Crippen LogP contribution in [0.2, 0.25) is 0 Å². The van der Waals surface area contributed by atoms with Crippen molar-refractivity contribution in [2.24, 2.45) is 7.05 Å². The molecule has 0 unspecified atom stereocenters. The Labute approximate surface area is 103 Å². The number of rotatable bonds is 7. The van der Waals surface area contributed by atoms with Crippen LogP contribution >= 0.6 is 0 Å². The quantitative estimate of drug-likeness (QED) is 0.706. The summed E-state index contributed by atoms with van der Waals surface area (Å²) in [5.41, 5.74) is 0. The lowest BCUT2D eigenvalue weighted by Crippen LogP contribution is -2.18. The number of nitrogens with zero attached hydrogens (tertiary/aromatic N) is 2. The van der Waals surface area contributed by atoms with Crippen molar-refractivity contribution < 1.29 is 22.7 Å². The fourth-order valence-electron chi connectivity index (χ4n) is 1.39. The van der Waals surface area contributed by atoms with E-state index < -0.39 is 12.8 Å². The largest absolute Gasteiger partial charge is 0.411 e. The third kappa shape index (κ3) is 5.81. The molecule has 102 valence electrons. The number of carbonyl (C=O) groups excluding carboxylic acids is 1. The summed E-state index contributed by atoms with van der Waals surface area (Å²) in [6.45, 7) is -1.50. The van der Waals surface area contributed by atoms with Gasteiger partial charge in [0.05, 0.1) is 6.61 Å². The molecule has 0 aliphatic rings. The Morgan fingerprint density at radius 2 is 2.17 bits per heavy atom. The summed E-state index contributed by atoms with van der Waals surface area (Å²) in [6.07, 6.45) is -0.184. The topological polar surface area (TPSA) is 44.1 Å². The molecule has 1 aromatic rings. The molecule has 1 aromatic heterocycles. The van der Waals surface area contributed by atoms with E-state index in [0.29, 0.717) is 6.42 Å². The van der Waals surface area contributed by atoms with Gasteiger partial charge in [0.15, 0.2) is 0 Å². The van der Waals surface area contributed by atoms with Crippen molar-refractivity contribution in [3.8, 4) is 0 Å². The van der Waals surface area contributed by atoms with Crippen LogP contribution in [0.1, 0.15) is 18.7 Å². The zero-order valence-corrected chi connectivity index (χ0v) is 10.0. The molecule has 0 aromatic carbocycles. The minimum atomic E-state index is -4.34. The van der Waals surface area contributed by atoms with Gasteiger partial charge in [-0.1, -0.05) is 0 Å². The first-order valence-corrected chi connectivity index (χ1v) is 5.51. The van der Waals surface area contributed by atoms with E-state index in [4.69, 9.17) is 0 Å². The molecule has 0 aliphatic carbocycles. The number of Topliss-reactive ketones (excluding diaryl/α,β-unsaturated/α-hetero) is 1. The molecule has 0 fully saturated rings. The number of imidazole rings is 1. The van der Waals surface area contributed by atoms with E-state index in [1.807, 2.05) is 7.05 Å². The fourth-order valence-corrected chi connectivity index (χ4v) is 1.39. The van der Waals surface area contributed by atoms with Crippen molar-refractivity contribution in [1.29, 1.82) is 0 Å². The minimum Gasteiger partial charge on any atom is -0.372 e. The second-order valence-corrected chi connectivity index (χ2v) is 3.91. The van der Waals surface area contributed by atoms with Crippen LogP contribution < -0.4 is 0 Å². The van der Waals surface area contributed by atoms with Gasteiger partial charge >= 0.3 is 6.18 Å². The molecule has 0 saturated heterocycles. The summed E-state index contributed by atoms with van der Waals surface area (Å²) < 4.78 is 41.4. The van der Waals surface area contributed by atoms with Crippen molar-refractivity contribution in [3.05, 3.63) is 18.2 Å². The summed E-state index contributed by atoms with van der Waals surface area (Å²) in [6, 6.07) is 0. The van der Waals surface area contributed by atoms with Crippen LogP contribution in [0.4, 0.5) is 13.2 Å². The molecule has 0 amide bonds. The highest BCUT2D eigenvalue weighted by molar-refractivity contribution is 5.78.